The third kappa shape index (κ3) is 4.80. The number of aromatic nitrogens is 2. The van der Waals surface area contributed by atoms with Crippen LogP contribution in [0.15, 0.2) is 84.9 Å². The zero-order chi connectivity index (χ0) is 21.8. The summed E-state index contributed by atoms with van der Waals surface area (Å²) in [6.07, 6.45) is 0. The van der Waals surface area contributed by atoms with E-state index in [-0.39, 0.29) is 5.41 Å². The summed E-state index contributed by atoms with van der Waals surface area (Å²) in [6.45, 7) is 7.74. The molecular weight excluding hydrogens is 382 g/mol. The summed E-state index contributed by atoms with van der Waals surface area (Å²) >= 11 is 0. The largest absolute Gasteiger partial charge is 0.489 e. The van der Waals surface area contributed by atoms with Gasteiger partial charge in [0.2, 0.25) is 0 Å². The van der Waals surface area contributed by atoms with E-state index in [4.69, 9.17) is 15.5 Å². The van der Waals surface area contributed by atoms with E-state index in [2.05, 4.69) is 49.6 Å². The predicted molar refractivity (Wildman–Crippen MR) is 127 cm³/mol. The summed E-state index contributed by atoms with van der Waals surface area (Å²) < 4.78 is 8.05. The lowest BCUT2D eigenvalue weighted by molar-refractivity contribution is 0.306. The van der Waals surface area contributed by atoms with Gasteiger partial charge in [-0.1, -0.05) is 81.4 Å². The first-order chi connectivity index (χ1) is 14.9. The van der Waals surface area contributed by atoms with E-state index in [0.717, 1.165) is 28.4 Å². The van der Waals surface area contributed by atoms with Crippen molar-refractivity contribution in [3.05, 3.63) is 102 Å². The lowest BCUT2D eigenvalue weighted by Gasteiger charge is -2.20. The van der Waals surface area contributed by atoms with Gasteiger partial charge >= 0.3 is 0 Å². The Morgan fingerprint density at radius 2 is 1.39 bits per heavy atom. The van der Waals surface area contributed by atoms with Crippen LogP contribution < -0.4 is 10.5 Å². The Morgan fingerprint density at radius 3 is 1.97 bits per heavy atom. The van der Waals surface area contributed by atoms with Gasteiger partial charge < -0.3 is 15.0 Å². The zero-order valence-electron chi connectivity index (χ0n) is 18.4. The Kier molecular flexibility index (Phi) is 5.81. The molecule has 4 heteroatoms. The first kappa shape index (κ1) is 20.7. The smallest absolute Gasteiger partial charge is 0.132 e. The van der Waals surface area contributed by atoms with E-state index < -0.39 is 0 Å². The van der Waals surface area contributed by atoms with Crippen LogP contribution in [-0.2, 0) is 18.6 Å². The fraction of sp³-hybridized carbons (Fsp3) is 0.222. The third-order valence-corrected chi connectivity index (χ3v) is 5.24. The van der Waals surface area contributed by atoms with E-state index in [1.807, 2.05) is 60.7 Å². The number of nitrogens with two attached hydrogens (primary N) is 1. The number of nitrogens with zero attached hydrogens (tertiary/aromatic N) is 2. The number of nitrogen functional groups attached to an aromatic ring is 1. The van der Waals surface area contributed by atoms with E-state index in [1.165, 1.54) is 5.56 Å². The summed E-state index contributed by atoms with van der Waals surface area (Å²) in [4.78, 5) is 4.97. The van der Waals surface area contributed by atoms with Gasteiger partial charge in [0, 0.05) is 11.0 Å². The van der Waals surface area contributed by atoms with Gasteiger partial charge in [0.25, 0.3) is 0 Å². The molecule has 3 aromatic carbocycles. The van der Waals surface area contributed by atoms with Crippen LogP contribution >= 0.6 is 0 Å². The minimum atomic E-state index is -0.125. The summed E-state index contributed by atoms with van der Waals surface area (Å²) in [5.41, 5.74) is 10.6. The fourth-order valence-electron chi connectivity index (χ4n) is 3.63. The number of ether oxygens (including phenoxy) is 1. The van der Waals surface area contributed by atoms with Crippen molar-refractivity contribution in [3.8, 4) is 17.0 Å². The second-order valence-electron chi connectivity index (χ2n) is 8.79. The lowest BCUT2D eigenvalue weighted by atomic mass is 9.95. The van der Waals surface area contributed by atoms with Crippen molar-refractivity contribution in [2.75, 3.05) is 5.73 Å². The summed E-state index contributed by atoms with van der Waals surface area (Å²) in [7, 11) is 0. The van der Waals surface area contributed by atoms with E-state index in [0.29, 0.717) is 19.0 Å². The van der Waals surface area contributed by atoms with Crippen LogP contribution in [-0.4, -0.2) is 9.55 Å². The number of imidazole rings is 1. The first-order valence-electron chi connectivity index (χ1n) is 10.6. The molecule has 0 fully saturated rings. The zero-order valence-corrected chi connectivity index (χ0v) is 18.4. The highest BCUT2D eigenvalue weighted by atomic mass is 16.5. The van der Waals surface area contributed by atoms with E-state index in [9.17, 15) is 0 Å². The van der Waals surface area contributed by atoms with Gasteiger partial charge in [0.1, 0.15) is 29.7 Å². The minimum absolute atomic E-state index is 0.125. The number of hydrogen-bond donors (Lipinski definition) is 1. The highest BCUT2D eigenvalue weighted by Gasteiger charge is 2.25. The van der Waals surface area contributed by atoms with Gasteiger partial charge in [-0.15, -0.1) is 0 Å². The molecule has 1 aromatic heterocycles. The van der Waals surface area contributed by atoms with Crippen LogP contribution in [0.5, 0.6) is 5.75 Å². The number of anilines is 1. The fourth-order valence-corrected chi connectivity index (χ4v) is 3.63. The highest BCUT2D eigenvalue weighted by Crippen LogP contribution is 2.33. The highest BCUT2D eigenvalue weighted by molar-refractivity contribution is 5.72. The average Bonchev–Trinajstić information content (AvgIpc) is 3.11. The van der Waals surface area contributed by atoms with Crippen molar-refractivity contribution < 1.29 is 4.74 Å². The maximum Gasteiger partial charge on any atom is 0.132 e. The Hall–Kier alpha value is -3.53. The predicted octanol–water partition coefficient (Wildman–Crippen LogP) is 6.06. The molecule has 0 saturated carbocycles. The molecule has 4 nitrogen and oxygen atoms in total. The molecule has 0 radical (unpaired) electrons. The molecule has 158 valence electrons. The molecule has 0 unspecified atom stereocenters. The van der Waals surface area contributed by atoms with Crippen molar-refractivity contribution >= 4 is 5.82 Å². The Bertz CT molecular complexity index is 1130. The second-order valence-corrected chi connectivity index (χ2v) is 8.79. The maximum atomic E-state index is 6.62. The van der Waals surface area contributed by atoms with Crippen LogP contribution in [0.25, 0.3) is 11.3 Å². The lowest BCUT2D eigenvalue weighted by Crippen LogP contribution is -2.20. The summed E-state index contributed by atoms with van der Waals surface area (Å²) in [5, 5.41) is 0. The standard InChI is InChI=1S/C27H29N3O/c1-27(2,3)26-29-24(25(28)30(26)18-20-10-6-4-7-11-20)22-14-16-23(17-15-22)31-19-21-12-8-5-9-13-21/h4-17H,18-19,28H2,1-3H3. The SMILES string of the molecule is CC(C)(C)c1nc(-c2ccc(OCc3ccccc3)cc2)c(N)n1Cc1ccccc1. The number of rotatable bonds is 6. The topological polar surface area (TPSA) is 53.1 Å². The number of benzene rings is 3. The molecule has 31 heavy (non-hydrogen) atoms. The summed E-state index contributed by atoms with van der Waals surface area (Å²) in [6, 6.07) is 28.5. The van der Waals surface area contributed by atoms with Gasteiger partial charge in [-0.05, 0) is 35.4 Å². The van der Waals surface area contributed by atoms with Crippen LogP contribution in [0, 0.1) is 0 Å². The molecular formula is C27H29N3O. The molecule has 0 atom stereocenters. The van der Waals surface area contributed by atoms with Gasteiger partial charge in [0.15, 0.2) is 0 Å². The first-order valence-corrected chi connectivity index (χ1v) is 10.6. The second kappa shape index (κ2) is 8.68. The van der Waals surface area contributed by atoms with Crippen LogP contribution in [0.3, 0.4) is 0 Å². The molecule has 4 aromatic rings. The minimum Gasteiger partial charge on any atom is -0.489 e. The normalized spacial score (nSPS) is 11.5. The Labute approximate surface area is 184 Å². The molecule has 0 aliphatic heterocycles. The molecule has 4 rings (SSSR count). The van der Waals surface area contributed by atoms with Crippen molar-refractivity contribution in [1.82, 2.24) is 9.55 Å². The molecule has 0 saturated heterocycles. The Balaban J connectivity index is 1.60. The molecule has 0 bridgehead atoms. The molecule has 2 N–H and O–H groups in total. The van der Waals surface area contributed by atoms with Crippen molar-refractivity contribution in [1.29, 1.82) is 0 Å². The van der Waals surface area contributed by atoms with Gasteiger partial charge in [-0.3, -0.25) is 0 Å². The van der Waals surface area contributed by atoms with Crippen molar-refractivity contribution in [3.63, 3.8) is 0 Å². The quantitative estimate of drug-likeness (QED) is 0.420. The number of hydrogen-bond acceptors (Lipinski definition) is 3. The van der Waals surface area contributed by atoms with Gasteiger partial charge in [-0.25, -0.2) is 4.98 Å². The monoisotopic (exact) mass is 411 g/mol. The van der Waals surface area contributed by atoms with Crippen molar-refractivity contribution in [2.45, 2.75) is 39.3 Å². The van der Waals surface area contributed by atoms with Crippen molar-refractivity contribution in [2.24, 2.45) is 0 Å². The van der Waals surface area contributed by atoms with Gasteiger partial charge in [-0.2, -0.15) is 0 Å². The van der Waals surface area contributed by atoms with E-state index in [1.54, 1.807) is 0 Å². The van der Waals surface area contributed by atoms with E-state index >= 15 is 0 Å². The molecule has 0 aliphatic carbocycles. The third-order valence-electron chi connectivity index (χ3n) is 5.24. The molecule has 0 spiro atoms. The van der Waals surface area contributed by atoms with Crippen LogP contribution in [0.4, 0.5) is 5.82 Å². The van der Waals surface area contributed by atoms with Crippen LogP contribution in [0.2, 0.25) is 0 Å². The Morgan fingerprint density at radius 1 is 0.806 bits per heavy atom. The summed E-state index contributed by atoms with van der Waals surface area (Å²) in [5.74, 6) is 2.49. The molecule has 0 aliphatic rings. The maximum absolute atomic E-state index is 6.62. The average molecular weight is 412 g/mol. The molecule has 1 heterocycles. The van der Waals surface area contributed by atoms with Gasteiger partial charge in [0.05, 0.1) is 6.54 Å². The molecule has 0 amide bonds. The van der Waals surface area contributed by atoms with Crippen LogP contribution in [0.1, 0.15) is 37.7 Å².